The Morgan fingerprint density at radius 1 is 1.50 bits per heavy atom. The number of thiazole rings is 1. The molecule has 0 bridgehead atoms. The number of para-hydroxylation sites is 2. The number of nitrogens with two attached hydrogens (primary N) is 1. The fourth-order valence-corrected chi connectivity index (χ4v) is 2.52. The normalized spacial score (nSPS) is 12.4. The Morgan fingerprint density at radius 2 is 2.27 bits per heavy atom. The van der Waals surface area contributed by atoms with Crippen molar-refractivity contribution in [2.45, 2.75) is 0 Å². The first-order chi connectivity index (χ1) is 10.6. The van der Waals surface area contributed by atoms with Gasteiger partial charge in [0.2, 0.25) is 11.0 Å². The number of nitrogens with zero attached hydrogens (tertiary/aromatic N) is 4. The molecule has 2 aromatic heterocycles. The molecule has 22 heavy (non-hydrogen) atoms. The van der Waals surface area contributed by atoms with E-state index in [1.165, 1.54) is 18.4 Å². The minimum atomic E-state index is -0.335. The predicted molar refractivity (Wildman–Crippen MR) is 81.1 cm³/mol. The summed E-state index contributed by atoms with van der Waals surface area (Å²) in [6.45, 7) is 0. The van der Waals surface area contributed by atoms with Crippen LogP contribution in [0.3, 0.4) is 0 Å². The van der Waals surface area contributed by atoms with Gasteiger partial charge in [-0.1, -0.05) is 16.8 Å². The molecule has 0 fully saturated rings. The molecule has 10 heteroatoms. The van der Waals surface area contributed by atoms with Crippen LogP contribution in [0.4, 0.5) is 5.13 Å². The van der Waals surface area contributed by atoms with Gasteiger partial charge in [-0.15, -0.1) is 16.2 Å². The highest BCUT2D eigenvalue weighted by molar-refractivity contribution is 7.13. The van der Waals surface area contributed by atoms with Crippen molar-refractivity contribution < 1.29 is 14.8 Å². The number of aromatic nitrogens is 4. The lowest BCUT2D eigenvalue weighted by molar-refractivity contribution is -0.645. The monoisotopic (exact) mass is 320 g/mol. The molecular weight excluding hydrogens is 308 g/mol. The lowest BCUT2D eigenvalue weighted by atomic mass is 10.3. The van der Waals surface area contributed by atoms with Gasteiger partial charge in [0, 0.05) is 5.38 Å². The summed E-state index contributed by atoms with van der Waals surface area (Å²) < 4.78 is 1.10. The van der Waals surface area contributed by atoms with Crippen molar-refractivity contribution in [3.8, 4) is 0 Å². The first-order valence-electron chi connectivity index (χ1n) is 6.13. The number of benzene rings is 1. The van der Waals surface area contributed by atoms with E-state index in [4.69, 9.17) is 10.6 Å². The van der Waals surface area contributed by atoms with Gasteiger partial charge in [-0.25, -0.2) is 4.98 Å². The zero-order valence-electron chi connectivity index (χ0n) is 11.4. The predicted octanol–water partition coefficient (Wildman–Crippen LogP) is 0.701. The Hall–Kier alpha value is -2.85. The van der Waals surface area contributed by atoms with Crippen molar-refractivity contribution >= 4 is 39.1 Å². The van der Waals surface area contributed by atoms with E-state index in [2.05, 4.69) is 15.7 Å². The third-order valence-corrected chi connectivity index (χ3v) is 3.57. The topological polar surface area (TPSA) is 125 Å². The summed E-state index contributed by atoms with van der Waals surface area (Å²) in [5, 5.41) is 28.0. The highest BCUT2D eigenvalue weighted by Gasteiger charge is 2.23. The van der Waals surface area contributed by atoms with E-state index in [9.17, 15) is 10.3 Å². The van der Waals surface area contributed by atoms with Crippen LogP contribution in [-0.4, -0.2) is 27.1 Å². The fourth-order valence-electron chi connectivity index (χ4n) is 1.96. The minimum Gasteiger partial charge on any atom is -0.691 e. The molecule has 114 valence electrons. The van der Waals surface area contributed by atoms with Crippen LogP contribution in [0, 0.1) is 5.21 Å². The van der Waals surface area contributed by atoms with E-state index in [1.807, 2.05) is 0 Å². The number of fused-ring (bicyclic) bond motifs is 1. The van der Waals surface area contributed by atoms with E-state index in [1.54, 1.807) is 29.6 Å². The molecule has 0 saturated heterocycles. The average Bonchev–Trinajstić information content (AvgIpc) is 3.09. The van der Waals surface area contributed by atoms with Gasteiger partial charge in [-0.3, -0.25) is 10.3 Å². The van der Waals surface area contributed by atoms with Gasteiger partial charge in [0.15, 0.2) is 10.8 Å². The summed E-state index contributed by atoms with van der Waals surface area (Å²) in [5.41, 5.74) is 9.41. The van der Waals surface area contributed by atoms with E-state index in [-0.39, 0.29) is 11.6 Å². The smallest absolute Gasteiger partial charge is 0.336 e. The number of anilines is 1. The van der Waals surface area contributed by atoms with Crippen LogP contribution in [0.2, 0.25) is 0 Å². The molecule has 2 heterocycles. The number of rotatable bonds is 4. The second kappa shape index (κ2) is 5.50. The molecule has 0 aliphatic carbocycles. The molecular formula is C12H12N6O3S. The van der Waals surface area contributed by atoms with Crippen LogP contribution in [0.25, 0.3) is 22.6 Å². The number of nitrogen functional groups attached to an aromatic ring is 1. The molecule has 0 atom stereocenters. The molecule has 9 nitrogen and oxygen atoms in total. The van der Waals surface area contributed by atoms with Crippen LogP contribution < -0.4 is 16.1 Å². The van der Waals surface area contributed by atoms with Gasteiger partial charge >= 0.3 is 5.88 Å². The van der Waals surface area contributed by atoms with Crippen LogP contribution in [-0.2, 0) is 4.84 Å². The highest BCUT2D eigenvalue weighted by atomic mass is 32.1. The Balaban J connectivity index is 2.21. The van der Waals surface area contributed by atoms with Crippen LogP contribution >= 0.6 is 11.3 Å². The summed E-state index contributed by atoms with van der Waals surface area (Å²) in [4.78, 5) is 9.35. The van der Waals surface area contributed by atoms with Crippen LogP contribution in [0.1, 0.15) is 5.69 Å². The maximum absolute atomic E-state index is 11.8. The van der Waals surface area contributed by atoms with Gasteiger partial charge in [0.25, 0.3) is 0 Å². The number of aliphatic hydroxyl groups excluding tert-OH is 1. The maximum atomic E-state index is 11.8. The largest absolute Gasteiger partial charge is 0.691 e. The number of aliphatic hydroxyl groups is 1. The van der Waals surface area contributed by atoms with Gasteiger partial charge < -0.3 is 16.0 Å². The minimum absolute atomic E-state index is 0.143. The first-order valence-corrected chi connectivity index (χ1v) is 7.01. The molecule has 0 radical (unpaired) electrons. The third-order valence-electron chi connectivity index (χ3n) is 2.89. The Kier molecular flexibility index (Phi) is 3.53. The summed E-state index contributed by atoms with van der Waals surface area (Å²) in [7, 11) is 1.39. The third kappa shape index (κ3) is 2.29. The standard InChI is InChI=1S/C12H12N6O3S/c1-21-15-10(7-6-22-12(13)14-7)11(19)17-8-4-2-3-5-9(8)18(20)16-17/h2-6,15,19H,1H3,(H2,13,14). The van der Waals surface area contributed by atoms with Crippen molar-refractivity contribution in [1.82, 2.24) is 20.4 Å². The molecule has 0 aliphatic heterocycles. The van der Waals surface area contributed by atoms with E-state index in [0.717, 1.165) is 4.68 Å². The molecule has 3 aromatic rings. The molecule has 4 N–H and O–H groups in total. The van der Waals surface area contributed by atoms with Crippen molar-refractivity contribution in [3.63, 3.8) is 0 Å². The van der Waals surface area contributed by atoms with Crippen molar-refractivity contribution in [2.75, 3.05) is 12.8 Å². The Labute approximate surface area is 128 Å². The number of nitrogens with one attached hydrogen (secondary N) is 1. The van der Waals surface area contributed by atoms with Crippen molar-refractivity contribution in [3.05, 3.63) is 40.5 Å². The Morgan fingerprint density at radius 3 is 2.95 bits per heavy atom. The first kappa shape index (κ1) is 14.1. The SMILES string of the molecule is CONC(=C(O)n1n[n+]([O-])c2ccccc21)c1csc(N)n1. The van der Waals surface area contributed by atoms with E-state index >= 15 is 0 Å². The van der Waals surface area contributed by atoms with Crippen LogP contribution in [0.5, 0.6) is 0 Å². The molecule has 3 rings (SSSR count). The second-order valence-corrected chi connectivity index (χ2v) is 5.13. The molecule has 0 saturated carbocycles. The summed E-state index contributed by atoms with van der Waals surface area (Å²) in [6.07, 6.45) is 0. The molecule has 0 amide bonds. The molecule has 1 aromatic carbocycles. The van der Waals surface area contributed by atoms with E-state index < -0.39 is 0 Å². The Bertz CT molecular complexity index is 856. The molecule has 0 aliphatic rings. The number of hydrogen-bond acceptors (Lipinski definition) is 8. The lowest BCUT2D eigenvalue weighted by Gasteiger charge is -2.06. The summed E-state index contributed by atoms with van der Waals surface area (Å²) >= 11 is 1.21. The quantitative estimate of drug-likeness (QED) is 0.279. The molecule has 0 unspecified atom stereocenters. The van der Waals surface area contributed by atoms with Gasteiger partial charge in [-0.2, -0.15) is 0 Å². The molecule has 0 spiro atoms. The summed E-state index contributed by atoms with van der Waals surface area (Å²) in [6, 6.07) is 6.70. The zero-order chi connectivity index (χ0) is 15.7. The van der Waals surface area contributed by atoms with Gasteiger partial charge in [-0.05, 0) is 12.1 Å². The fraction of sp³-hybridized carbons (Fsp3) is 0.0833. The lowest BCUT2D eigenvalue weighted by Crippen LogP contribution is -2.29. The average molecular weight is 320 g/mol. The van der Waals surface area contributed by atoms with Crippen molar-refractivity contribution in [2.24, 2.45) is 0 Å². The number of hydroxylamine groups is 1. The van der Waals surface area contributed by atoms with Crippen LogP contribution in [0.15, 0.2) is 29.6 Å². The van der Waals surface area contributed by atoms with Gasteiger partial charge in [0.05, 0.1) is 7.11 Å². The maximum Gasteiger partial charge on any atom is 0.336 e. The number of hydrogen-bond donors (Lipinski definition) is 3. The highest BCUT2D eigenvalue weighted by Crippen LogP contribution is 2.23. The van der Waals surface area contributed by atoms with Crippen molar-refractivity contribution in [1.29, 1.82) is 0 Å². The van der Waals surface area contributed by atoms with E-state index in [0.29, 0.717) is 26.7 Å². The van der Waals surface area contributed by atoms with Gasteiger partial charge in [0.1, 0.15) is 10.9 Å². The second-order valence-electron chi connectivity index (χ2n) is 4.24. The zero-order valence-corrected chi connectivity index (χ0v) is 12.2. The summed E-state index contributed by atoms with van der Waals surface area (Å²) in [5.74, 6) is -0.335.